The monoisotopic (exact) mass is 254 g/mol. The van der Waals surface area contributed by atoms with E-state index in [1.165, 1.54) is 6.42 Å². The van der Waals surface area contributed by atoms with Crippen LogP contribution in [0.3, 0.4) is 0 Å². The maximum absolute atomic E-state index is 12.2. The standard InChI is InChI=1S/C15H30N2O/c1-12(15(3,4)5)11-16-13(2)14(18)17-9-7-6-8-10-17/h12-13,16H,6-11H2,1-5H3. The molecule has 0 radical (unpaired) electrons. The number of carbonyl (C=O) groups is 1. The molecule has 1 aliphatic rings. The maximum Gasteiger partial charge on any atom is 0.239 e. The Labute approximate surface area is 112 Å². The molecule has 3 nitrogen and oxygen atoms in total. The van der Waals surface area contributed by atoms with Crippen LogP contribution in [-0.2, 0) is 4.79 Å². The number of rotatable bonds is 4. The summed E-state index contributed by atoms with van der Waals surface area (Å²) in [4.78, 5) is 14.2. The van der Waals surface area contributed by atoms with E-state index in [9.17, 15) is 4.79 Å². The van der Waals surface area contributed by atoms with Gasteiger partial charge in [0.15, 0.2) is 0 Å². The van der Waals surface area contributed by atoms with Crippen molar-refractivity contribution in [1.82, 2.24) is 10.2 Å². The summed E-state index contributed by atoms with van der Waals surface area (Å²) >= 11 is 0. The molecule has 0 bridgehead atoms. The van der Waals surface area contributed by atoms with Gasteiger partial charge >= 0.3 is 0 Å². The van der Waals surface area contributed by atoms with E-state index in [1.807, 2.05) is 11.8 Å². The molecule has 1 amide bonds. The van der Waals surface area contributed by atoms with Gasteiger partial charge in [-0.05, 0) is 44.1 Å². The van der Waals surface area contributed by atoms with Crippen LogP contribution in [-0.4, -0.2) is 36.5 Å². The van der Waals surface area contributed by atoms with Gasteiger partial charge in [0, 0.05) is 13.1 Å². The number of carbonyl (C=O) groups excluding carboxylic acids is 1. The van der Waals surface area contributed by atoms with Gasteiger partial charge in [0.2, 0.25) is 5.91 Å². The zero-order valence-electron chi connectivity index (χ0n) is 12.8. The summed E-state index contributed by atoms with van der Waals surface area (Å²) in [5.41, 5.74) is 0.293. The minimum atomic E-state index is -0.0482. The van der Waals surface area contributed by atoms with Crippen LogP contribution in [0.1, 0.15) is 53.9 Å². The SMILES string of the molecule is CC(NCC(C)C(C)(C)C)C(=O)N1CCCCC1. The van der Waals surface area contributed by atoms with Crippen LogP contribution in [0.15, 0.2) is 0 Å². The molecule has 0 aromatic heterocycles. The molecule has 1 rings (SSSR count). The molecular weight excluding hydrogens is 224 g/mol. The highest BCUT2D eigenvalue weighted by Gasteiger charge is 2.24. The van der Waals surface area contributed by atoms with Crippen molar-refractivity contribution in [2.45, 2.75) is 59.9 Å². The summed E-state index contributed by atoms with van der Waals surface area (Å²) < 4.78 is 0. The molecule has 106 valence electrons. The number of piperidine rings is 1. The smallest absolute Gasteiger partial charge is 0.239 e. The van der Waals surface area contributed by atoms with Crippen molar-refractivity contribution in [2.75, 3.05) is 19.6 Å². The number of nitrogens with zero attached hydrogens (tertiary/aromatic N) is 1. The van der Waals surface area contributed by atoms with Gasteiger partial charge in [0.05, 0.1) is 6.04 Å². The zero-order valence-corrected chi connectivity index (χ0v) is 12.8. The lowest BCUT2D eigenvalue weighted by Crippen LogP contribution is -2.48. The van der Waals surface area contributed by atoms with Crippen LogP contribution in [0.5, 0.6) is 0 Å². The van der Waals surface area contributed by atoms with Crippen molar-refractivity contribution in [2.24, 2.45) is 11.3 Å². The fraction of sp³-hybridized carbons (Fsp3) is 0.933. The first-order valence-electron chi connectivity index (χ1n) is 7.34. The van der Waals surface area contributed by atoms with Crippen LogP contribution in [0.25, 0.3) is 0 Å². The van der Waals surface area contributed by atoms with Crippen molar-refractivity contribution in [3.8, 4) is 0 Å². The first-order valence-corrected chi connectivity index (χ1v) is 7.34. The largest absolute Gasteiger partial charge is 0.341 e. The second kappa shape index (κ2) is 6.55. The normalized spacial score (nSPS) is 20.6. The van der Waals surface area contributed by atoms with Gasteiger partial charge in [-0.2, -0.15) is 0 Å². The predicted molar refractivity (Wildman–Crippen MR) is 76.5 cm³/mol. The van der Waals surface area contributed by atoms with E-state index in [1.54, 1.807) is 0 Å². The van der Waals surface area contributed by atoms with Gasteiger partial charge in [0.25, 0.3) is 0 Å². The molecule has 2 atom stereocenters. The minimum Gasteiger partial charge on any atom is -0.341 e. The highest BCUT2D eigenvalue weighted by molar-refractivity contribution is 5.81. The topological polar surface area (TPSA) is 32.3 Å². The molecule has 0 aromatic rings. The maximum atomic E-state index is 12.2. The fourth-order valence-corrected chi connectivity index (χ4v) is 2.14. The molecule has 1 fully saturated rings. The Bertz CT molecular complexity index is 264. The zero-order chi connectivity index (χ0) is 13.8. The molecular formula is C15H30N2O. The summed E-state index contributed by atoms with van der Waals surface area (Å²) in [5, 5.41) is 3.39. The van der Waals surface area contributed by atoms with Gasteiger partial charge in [0.1, 0.15) is 0 Å². The van der Waals surface area contributed by atoms with E-state index in [-0.39, 0.29) is 11.9 Å². The molecule has 1 saturated heterocycles. The van der Waals surface area contributed by atoms with Gasteiger partial charge in [-0.1, -0.05) is 27.7 Å². The highest BCUT2D eigenvalue weighted by atomic mass is 16.2. The molecule has 0 spiro atoms. The van der Waals surface area contributed by atoms with E-state index < -0.39 is 0 Å². The molecule has 1 aliphatic heterocycles. The number of hydrogen-bond acceptors (Lipinski definition) is 2. The van der Waals surface area contributed by atoms with Crippen molar-refractivity contribution in [3.63, 3.8) is 0 Å². The Morgan fingerprint density at radius 3 is 2.22 bits per heavy atom. The van der Waals surface area contributed by atoms with Gasteiger partial charge in [-0.15, -0.1) is 0 Å². The van der Waals surface area contributed by atoms with Crippen LogP contribution in [0, 0.1) is 11.3 Å². The summed E-state index contributed by atoms with van der Waals surface area (Å²) in [6.45, 7) is 13.8. The Kier molecular flexibility index (Phi) is 5.64. The van der Waals surface area contributed by atoms with Crippen molar-refractivity contribution < 1.29 is 4.79 Å². The molecule has 1 N–H and O–H groups in total. The lowest BCUT2D eigenvalue weighted by molar-refractivity contribution is -0.134. The molecule has 3 heteroatoms. The van der Waals surface area contributed by atoms with Gasteiger partial charge < -0.3 is 10.2 Å². The van der Waals surface area contributed by atoms with Crippen LogP contribution in [0.4, 0.5) is 0 Å². The minimum absolute atomic E-state index is 0.0482. The molecule has 0 saturated carbocycles. The lowest BCUT2D eigenvalue weighted by Gasteiger charge is -2.32. The second-order valence-corrected chi connectivity index (χ2v) is 6.78. The summed E-state index contributed by atoms with van der Waals surface area (Å²) in [7, 11) is 0. The first-order chi connectivity index (χ1) is 8.32. The van der Waals surface area contributed by atoms with Gasteiger partial charge in [-0.25, -0.2) is 0 Å². The Balaban J connectivity index is 2.35. The van der Waals surface area contributed by atoms with Crippen molar-refractivity contribution >= 4 is 5.91 Å². The Morgan fingerprint density at radius 1 is 1.17 bits per heavy atom. The summed E-state index contributed by atoms with van der Waals surface area (Å²) in [6, 6.07) is -0.0482. The molecule has 18 heavy (non-hydrogen) atoms. The number of nitrogens with one attached hydrogen (secondary N) is 1. The quantitative estimate of drug-likeness (QED) is 0.836. The molecule has 0 aliphatic carbocycles. The molecule has 2 unspecified atom stereocenters. The third kappa shape index (κ3) is 4.60. The molecule has 0 aromatic carbocycles. The van der Waals surface area contributed by atoms with E-state index in [4.69, 9.17) is 0 Å². The Morgan fingerprint density at radius 2 is 1.72 bits per heavy atom. The van der Waals surface area contributed by atoms with Crippen LogP contribution >= 0.6 is 0 Å². The third-order valence-corrected chi connectivity index (χ3v) is 4.25. The van der Waals surface area contributed by atoms with Crippen LogP contribution < -0.4 is 5.32 Å². The molecule has 1 heterocycles. The lowest BCUT2D eigenvalue weighted by atomic mass is 9.82. The van der Waals surface area contributed by atoms with Crippen molar-refractivity contribution in [1.29, 1.82) is 0 Å². The number of likely N-dealkylation sites (tertiary alicyclic amines) is 1. The van der Waals surface area contributed by atoms with E-state index in [2.05, 4.69) is 33.0 Å². The van der Waals surface area contributed by atoms with E-state index >= 15 is 0 Å². The predicted octanol–water partition coefficient (Wildman–Crippen LogP) is 2.66. The average molecular weight is 254 g/mol. The van der Waals surface area contributed by atoms with Crippen molar-refractivity contribution in [3.05, 3.63) is 0 Å². The average Bonchev–Trinajstić information content (AvgIpc) is 2.34. The van der Waals surface area contributed by atoms with Gasteiger partial charge in [-0.3, -0.25) is 4.79 Å². The van der Waals surface area contributed by atoms with E-state index in [0.717, 1.165) is 32.5 Å². The fourth-order valence-electron chi connectivity index (χ4n) is 2.14. The van der Waals surface area contributed by atoms with Crippen LogP contribution in [0.2, 0.25) is 0 Å². The number of hydrogen-bond donors (Lipinski definition) is 1. The first kappa shape index (κ1) is 15.5. The third-order valence-electron chi connectivity index (χ3n) is 4.25. The second-order valence-electron chi connectivity index (χ2n) is 6.78. The summed E-state index contributed by atoms with van der Waals surface area (Å²) in [5.74, 6) is 0.838. The Hall–Kier alpha value is -0.570. The summed E-state index contributed by atoms with van der Waals surface area (Å²) in [6.07, 6.45) is 3.60. The van der Waals surface area contributed by atoms with E-state index in [0.29, 0.717) is 11.3 Å². The highest BCUT2D eigenvalue weighted by Crippen LogP contribution is 2.24. The number of amides is 1.